The summed E-state index contributed by atoms with van der Waals surface area (Å²) in [5, 5.41) is -1.50. The van der Waals surface area contributed by atoms with Crippen molar-refractivity contribution in [2.24, 2.45) is 34.2 Å². The van der Waals surface area contributed by atoms with Crippen LogP contribution in [0.3, 0.4) is 0 Å². The van der Waals surface area contributed by atoms with Crippen molar-refractivity contribution in [3.8, 4) is 23.0 Å². The molecule has 36 heavy (non-hydrogen) atoms. The molecule has 0 radical (unpaired) electrons. The molecular formula is C21H24N7O6S2+. The van der Waals surface area contributed by atoms with E-state index < -0.39 is 37.3 Å². The van der Waals surface area contributed by atoms with Crippen LogP contribution in [0.4, 0.5) is 5.69 Å². The molecule has 2 atom stereocenters. The van der Waals surface area contributed by atoms with Crippen LogP contribution in [0.15, 0.2) is 64.5 Å². The van der Waals surface area contributed by atoms with E-state index >= 15 is 0 Å². The van der Waals surface area contributed by atoms with Crippen molar-refractivity contribution in [3.63, 3.8) is 0 Å². The molecule has 1 aromatic heterocycles. The highest BCUT2D eigenvalue weighted by molar-refractivity contribution is 7.90. The minimum atomic E-state index is -4.84. The molecule has 13 nitrogen and oxygen atoms in total. The Labute approximate surface area is 207 Å². The van der Waals surface area contributed by atoms with E-state index in [4.69, 9.17) is 17.2 Å². The normalized spacial score (nSPS) is 18.3. The number of guanidine groups is 2. The van der Waals surface area contributed by atoms with E-state index in [1.807, 2.05) is 36.1 Å². The Hall–Kier alpha value is -3.97. The monoisotopic (exact) mass is 534 g/mol. The molecule has 1 aromatic carbocycles. The fourth-order valence-electron chi connectivity index (χ4n) is 3.44. The molecule has 0 bridgehead atoms. The highest BCUT2D eigenvalue weighted by atomic mass is 32.2. The zero-order valence-corrected chi connectivity index (χ0v) is 20.5. The lowest BCUT2D eigenvalue weighted by Gasteiger charge is -2.26. The van der Waals surface area contributed by atoms with Gasteiger partial charge in [0.25, 0.3) is 20.2 Å². The fraction of sp³-hybridized carbons (Fsp3) is 0.190. The van der Waals surface area contributed by atoms with Crippen LogP contribution < -0.4 is 27.1 Å². The molecule has 0 spiro atoms. The number of aromatic nitrogens is 1. The van der Waals surface area contributed by atoms with Crippen LogP contribution in [0.25, 0.3) is 11.1 Å². The predicted octanol–water partition coefficient (Wildman–Crippen LogP) is -0.903. The SMILES string of the molecule is C[n+]1cccc(-c2ccc(N=C(N)N=C(N)N)cc2C#CC2=CN[C@H](S(=O)(=O)O)[C@H](S(=O)(=O)O)C2)c1. The molecule has 1 aliphatic heterocycles. The topological polar surface area (TPSA) is 227 Å². The van der Waals surface area contributed by atoms with Crippen LogP contribution in [0.5, 0.6) is 0 Å². The third-order valence-corrected chi connectivity index (χ3v) is 7.47. The maximum atomic E-state index is 11.8. The van der Waals surface area contributed by atoms with Gasteiger partial charge in [-0.05, 0) is 18.2 Å². The minimum Gasteiger partial charge on any atom is -0.371 e. The summed E-state index contributed by atoms with van der Waals surface area (Å²) in [6.07, 6.45) is 4.44. The Morgan fingerprint density at radius 2 is 1.83 bits per heavy atom. The summed E-state index contributed by atoms with van der Waals surface area (Å²) in [5.41, 5.74) is 18.9. The van der Waals surface area contributed by atoms with Gasteiger partial charge in [0, 0.05) is 41.0 Å². The van der Waals surface area contributed by atoms with E-state index in [-0.39, 0.29) is 17.5 Å². The molecule has 3 rings (SSSR count). The summed E-state index contributed by atoms with van der Waals surface area (Å²) in [6, 6.07) is 8.75. The van der Waals surface area contributed by atoms with Crippen molar-refractivity contribution in [2.75, 3.05) is 0 Å². The number of rotatable bonds is 4. The molecule has 0 saturated carbocycles. The fourth-order valence-corrected chi connectivity index (χ4v) is 5.78. The van der Waals surface area contributed by atoms with Crippen LogP contribution in [-0.4, -0.2) is 48.5 Å². The van der Waals surface area contributed by atoms with Gasteiger partial charge in [0.1, 0.15) is 12.3 Å². The second-order valence-corrected chi connectivity index (χ2v) is 10.9. The number of nitrogens with zero attached hydrogens (tertiary/aromatic N) is 3. The van der Waals surface area contributed by atoms with Gasteiger partial charge >= 0.3 is 0 Å². The number of pyridine rings is 1. The van der Waals surface area contributed by atoms with Gasteiger partial charge < -0.3 is 22.5 Å². The van der Waals surface area contributed by atoms with Gasteiger partial charge in [-0.15, -0.1) is 0 Å². The second-order valence-electron chi connectivity index (χ2n) is 7.77. The van der Waals surface area contributed by atoms with E-state index in [1.165, 1.54) is 6.20 Å². The number of benzene rings is 1. The highest BCUT2D eigenvalue weighted by Gasteiger charge is 2.42. The van der Waals surface area contributed by atoms with Crippen molar-refractivity contribution in [1.82, 2.24) is 5.32 Å². The van der Waals surface area contributed by atoms with Gasteiger partial charge in [0.2, 0.25) is 5.96 Å². The Balaban J connectivity index is 2.09. The highest BCUT2D eigenvalue weighted by Crippen LogP contribution is 2.27. The lowest BCUT2D eigenvalue weighted by molar-refractivity contribution is -0.671. The first kappa shape index (κ1) is 26.6. The quantitative estimate of drug-likeness (QED) is 0.0930. The van der Waals surface area contributed by atoms with Crippen molar-refractivity contribution >= 4 is 37.8 Å². The third-order valence-electron chi connectivity index (χ3n) is 4.98. The van der Waals surface area contributed by atoms with Crippen molar-refractivity contribution in [2.45, 2.75) is 17.0 Å². The molecule has 9 N–H and O–H groups in total. The number of hydrogen-bond acceptors (Lipinski definition) is 6. The Morgan fingerprint density at radius 3 is 2.44 bits per heavy atom. The summed E-state index contributed by atoms with van der Waals surface area (Å²) < 4.78 is 67.3. The zero-order chi connectivity index (χ0) is 26.7. The van der Waals surface area contributed by atoms with Crippen LogP contribution >= 0.6 is 0 Å². The number of aliphatic imine (C=N–C) groups is 2. The Kier molecular flexibility index (Phi) is 7.65. The predicted molar refractivity (Wildman–Crippen MR) is 134 cm³/mol. The summed E-state index contributed by atoms with van der Waals surface area (Å²) >= 11 is 0. The third kappa shape index (κ3) is 6.79. The van der Waals surface area contributed by atoms with E-state index in [2.05, 4.69) is 27.1 Å². The van der Waals surface area contributed by atoms with Crippen LogP contribution in [0.1, 0.15) is 12.0 Å². The maximum absolute atomic E-state index is 11.8. The largest absolute Gasteiger partial charge is 0.371 e. The average Bonchev–Trinajstić information content (AvgIpc) is 2.76. The van der Waals surface area contributed by atoms with E-state index in [0.29, 0.717) is 16.8 Å². The first-order valence-corrected chi connectivity index (χ1v) is 13.2. The van der Waals surface area contributed by atoms with Crippen molar-refractivity contribution in [1.29, 1.82) is 0 Å². The van der Waals surface area contributed by atoms with Crippen molar-refractivity contribution in [3.05, 3.63) is 60.1 Å². The summed E-state index contributed by atoms with van der Waals surface area (Å²) in [6.45, 7) is 0. The summed E-state index contributed by atoms with van der Waals surface area (Å²) in [5.74, 6) is 5.27. The lowest BCUT2D eigenvalue weighted by atomic mass is 9.99. The van der Waals surface area contributed by atoms with Crippen LogP contribution in [-0.2, 0) is 27.3 Å². The average molecular weight is 535 g/mol. The molecular weight excluding hydrogens is 510 g/mol. The van der Waals surface area contributed by atoms with Gasteiger partial charge in [0.05, 0.1) is 5.69 Å². The molecule has 190 valence electrons. The molecule has 0 aliphatic carbocycles. The van der Waals surface area contributed by atoms with E-state index in [9.17, 15) is 25.9 Å². The molecule has 2 aromatic rings. The number of nitrogens with two attached hydrogens (primary N) is 3. The van der Waals surface area contributed by atoms with E-state index in [0.717, 1.165) is 5.56 Å². The van der Waals surface area contributed by atoms with E-state index in [1.54, 1.807) is 18.2 Å². The Morgan fingerprint density at radius 1 is 1.11 bits per heavy atom. The lowest BCUT2D eigenvalue weighted by Crippen LogP contribution is -2.49. The Bertz CT molecular complexity index is 1550. The maximum Gasteiger partial charge on any atom is 0.287 e. The number of aryl methyl sites for hydroxylation is 1. The van der Waals surface area contributed by atoms with Gasteiger partial charge in [0.15, 0.2) is 23.7 Å². The second kappa shape index (κ2) is 10.3. The number of allylic oxidation sites excluding steroid dienone is 1. The van der Waals surface area contributed by atoms with Crippen LogP contribution in [0.2, 0.25) is 0 Å². The van der Waals surface area contributed by atoms with Gasteiger partial charge in [-0.2, -0.15) is 21.8 Å². The first-order chi connectivity index (χ1) is 16.7. The summed E-state index contributed by atoms with van der Waals surface area (Å²) in [4.78, 5) is 7.79. The minimum absolute atomic E-state index is 0.177. The zero-order valence-electron chi connectivity index (χ0n) is 18.9. The van der Waals surface area contributed by atoms with Gasteiger partial charge in [-0.25, -0.2) is 9.56 Å². The molecule has 15 heteroatoms. The summed E-state index contributed by atoms with van der Waals surface area (Å²) in [7, 11) is -7.81. The molecule has 0 saturated heterocycles. The molecule has 2 heterocycles. The first-order valence-electron chi connectivity index (χ1n) is 10.2. The number of nitrogens with one attached hydrogen (secondary N) is 1. The van der Waals surface area contributed by atoms with Crippen molar-refractivity contribution < 1.29 is 30.5 Å². The van der Waals surface area contributed by atoms with Gasteiger partial charge in [-0.3, -0.25) is 9.11 Å². The standard InChI is InChI=1S/C21H23N7O6S2/c1-28-8-2-3-15(12-28)17-7-6-16(26-21(24)27-20(22)23)10-14(17)5-4-13-9-18(35(29,30)31)19(25-11-13)36(32,33)34/h2-3,6-8,10-12,18-19,25H,9H2,1H3,(H7-,22,23,24,26,27,29,30,31,32,33,34)/p+1/t18-,19-/m1/s1. The molecule has 0 unspecified atom stereocenters. The smallest absolute Gasteiger partial charge is 0.287 e. The van der Waals surface area contributed by atoms with Crippen LogP contribution in [0, 0.1) is 11.8 Å². The number of hydrogen-bond donors (Lipinski definition) is 6. The molecule has 0 amide bonds. The molecule has 1 aliphatic rings. The van der Waals surface area contributed by atoms with Gasteiger partial charge in [-0.1, -0.05) is 17.9 Å². The molecule has 0 fully saturated rings.